The van der Waals surface area contributed by atoms with E-state index in [2.05, 4.69) is 81.4 Å². The van der Waals surface area contributed by atoms with Crippen LogP contribution in [-0.4, -0.2) is 59.1 Å². The third-order valence-electron chi connectivity index (χ3n) is 21.7. The van der Waals surface area contributed by atoms with Gasteiger partial charge in [-0.1, -0.05) is 144 Å². The predicted octanol–water partition coefficient (Wildman–Crippen LogP) is 29.9. The second-order valence-electron chi connectivity index (χ2n) is 29.5. The summed E-state index contributed by atoms with van der Waals surface area (Å²) in [6, 6.07) is 19.4. The van der Waals surface area contributed by atoms with E-state index in [1.165, 1.54) is 119 Å². The molecule has 0 bridgehead atoms. The molecule has 0 spiro atoms. The van der Waals surface area contributed by atoms with E-state index >= 15 is 17.6 Å². The fourth-order valence-electron chi connectivity index (χ4n) is 15.6. The van der Waals surface area contributed by atoms with Gasteiger partial charge in [-0.05, 0) is 0 Å². The maximum atomic E-state index is 17.2. The molecule has 0 saturated heterocycles. The molecule has 106 heavy (non-hydrogen) atoms. The Morgan fingerprint density at radius 1 is 0.358 bits per heavy atom. The number of aryl methyl sites for hydroxylation is 2. The average molecular weight is 1680 g/mol. The summed E-state index contributed by atoms with van der Waals surface area (Å²) in [4.78, 5) is 8.50. The van der Waals surface area contributed by atoms with Gasteiger partial charge in [-0.3, -0.25) is 0 Å². The van der Waals surface area contributed by atoms with Gasteiger partial charge in [0.15, 0.2) is 0 Å². The second kappa shape index (κ2) is 38.9. The molecule has 2 atom stereocenters. The van der Waals surface area contributed by atoms with Crippen LogP contribution in [0.1, 0.15) is 253 Å². The van der Waals surface area contributed by atoms with E-state index in [4.69, 9.17) is 25.4 Å². The van der Waals surface area contributed by atoms with Crippen LogP contribution in [0.2, 0.25) is 0 Å². The Morgan fingerprint density at radius 2 is 0.745 bits per heavy atom. The minimum absolute atomic E-state index is 0.145. The van der Waals surface area contributed by atoms with E-state index in [-0.39, 0.29) is 37.7 Å². The molecule has 0 aliphatic heterocycles. The van der Waals surface area contributed by atoms with Gasteiger partial charge in [0.2, 0.25) is 0 Å². The fraction of sp³-hybridized carbons (Fsp3) is 0.500. The van der Waals surface area contributed by atoms with Gasteiger partial charge in [-0.25, -0.2) is 0 Å². The van der Waals surface area contributed by atoms with Crippen LogP contribution >= 0.6 is 68.0 Å². The standard InChI is InChI=1S/C88H106F4N4O2S6Se2/c1-11-17-21-23-25-27-29-31-33-35-45-97-85-54(8)74(82-81(56(85)10)93-105-94-82)67-43-41-65(100-67)59-39-40-60(80(92)79(59)91)66-42-44-68(101-66)78-84-83(95-106-96-84)75(55(9)86(78)98-46-36-34-32-30-28-26-24-22-18-12-2)71-50-62-77(73-52-64(90)70(103-73)49-58(16-6)38-20-14-4)87-61(47-53(7)99-87)76(88(62)104-71)72-51-63(89)69(102-72)48-57(15-5)37-19-13-3/h39-44,47,50-52,57-58H,11-38,45-46,48-49H2,1-10H3. The number of rotatable bonds is 43. The van der Waals surface area contributed by atoms with Crippen molar-refractivity contribution in [1.82, 2.24) is 15.9 Å². The monoisotopic (exact) mass is 1680 g/mol. The van der Waals surface area contributed by atoms with Crippen molar-refractivity contribution in [2.24, 2.45) is 11.8 Å². The van der Waals surface area contributed by atoms with E-state index in [1.807, 2.05) is 24.3 Å². The van der Waals surface area contributed by atoms with Gasteiger partial charge in [0.1, 0.15) is 0 Å². The number of hydrogen-bond acceptors (Lipinski definition) is 12. The molecule has 0 aliphatic rings. The van der Waals surface area contributed by atoms with Crippen molar-refractivity contribution in [3.05, 3.63) is 115 Å². The van der Waals surface area contributed by atoms with Crippen LogP contribution in [-0.2, 0) is 12.8 Å². The number of aromatic nitrogens is 4. The zero-order valence-electron chi connectivity index (χ0n) is 63.9. The van der Waals surface area contributed by atoms with Crippen molar-refractivity contribution < 1.29 is 27.0 Å². The second-order valence-corrected chi connectivity index (χ2v) is 38.4. The quantitative estimate of drug-likeness (QED) is 0.0215. The Kier molecular flexibility index (Phi) is 29.6. The number of hydrogen-bond donors (Lipinski definition) is 0. The van der Waals surface area contributed by atoms with Crippen LogP contribution in [0.3, 0.4) is 0 Å². The Hall–Kier alpha value is -4.84. The van der Waals surface area contributed by atoms with Crippen LogP contribution < -0.4 is 9.47 Å². The average Bonchev–Trinajstić information content (AvgIpc) is 1.55. The Balaban J connectivity index is 0.904. The Labute approximate surface area is 664 Å². The summed E-state index contributed by atoms with van der Waals surface area (Å²) in [6.45, 7) is 23.0. The maximum absolute atomic E-state index is 17.2. The van der Waals surface area contributed by atoms with Crippen LogP contribution in [0, 0.1) is 62.8 Å². The normalized spacial score (nSPS) is 12.6. The summed E-state index contributed by atoms with van der Waals surface area (Å²) in [5, 5.41) is 2.08. The predicted molar refractivity (Wildman–Crippen MR) is 454 cm³/mol. The number of thiophene rings is 6. The molecule has 0 fully saturated rings. The van der Waals surface area contributed by atoms with Gasteiger partial charge < -0.3 is 0 Å². The number of fused-ring (bicyclic) bond motifs is 4. The molecule has 2 unspecified atom stereocenters. The molecule has 6 nitrogen and oxygen atoms in total. The third-order valence-corrected chi connectivity index (χ3v) is 30.7. The van der Waals surface area contributed by atoms with Crippen molar-refractivity contribution in [2.75, 3.05) is 13.2 Å². The summed E-state index contributed by atoms with van der Waals surface area (Å²) in [5.74, 6) is 0.262. The first-order valence-corrected chi connectivity index (χ1v) is 47.7. The summed E-state index contributed by atoms with van der Waals surface area (Å²) in [6.07, 6.45) is 34.5. The van der Waals surface area contributed by atoms with Gasteiger partial charge in [0.05, 0.1) is 0 Å². The first-order chi connectivity index (χ1) is 51.7. The molecule has 0 amide bonds. The molecule has 0 radical (unpaired) electrons. The molecule has 12 rings (SSSR count). The first-order valence-electron chi connectivity index (χ1n) is 39.8. The number of ether oxygens (including phenoxy) is 2. The number of nitrogens with zero attached hydrogens (tertiary/aromatic N) is 4. The number of halogens is 4. The molecule has 0 aliphatic carbocycles. The van der Waals surface area contributed by atoms with Gasteiger partial charge >= 0.3 is 526 Å². The Morgan fingerprint density at radius 3 is 1.24 bits per heavy atom. The first kappa shape index (κ1) is 80.7. The van der Waals surface area contributed by atoms with Crippen molar-refractivity contribution in [1.29, 1.82) is 0 Å². The number of unbranched alkanes of at least 4 members (excludes halogenated alkanes) is 20. The molecule has 8 heterocycles. The molecule has 4 aromatic carbocycles. The van der Waals surface area contributed by atoms with Gasteiger partial charge in [0.25, 0.3) is 0 Å². The van der Waals surface area contributed by atoms with Crippen molar-refractivity contribution >= 4 is 140 Å². The molecule has 12 aromatic rings. The molecular formula is C88H106F4N4O2S6Se2. The number of benzene rings is 4. The molecule has 18 heteroatoms. The topological polar surface area (TPSA) is 70.0 Å². The van der Waals surface area contributed by atoms with Crippen LogP contribution in [0.4, 0.5) is 17.6 Å². The molecule has 566 valence electrons. The van der Waals surface area contributed by atoms with Gasteiger partial charge in [-0.15, -0.1) is 0 Å². The van der Waals surface area contributed by atoms with Crippen LogP contribution in [0.15, 0.2) is 60.7 Å². The molecule has 8 aromatic heterocycles. The molecular weight excluding hydrogens is 1570 g/mol. The van der Waals surface area contributed by atoms with E-state index in [0.717, 1.165) is 215 Å². The van der Waals surface area contributed by atoms with Crippen LogP contribution in [0.5, 0.6) is 11.5 Å². The van der Waals surface area contributed by atoms with Crippen molar-refractivity contribution in [3.8, 4) is 84.6 Å². The third kappa shape index (κ3) is 18.4. The zero-order chi connectivity index (χ0) is 74.4. The van der Waals surface area contributed by atoms with E-state index in [1.54, 1.807) is 69.6 Å². The zero-order valence-corrected chi connectivity index (χ0v) is 72.3. The fourth-order valence-corrected chi connectivity index (χ4v) is 25.2. The Bertz CT molecular complexity index is 4770. The van der Waals surface area contributed by atoms with E-state index in [0.29, 0.717) is 53.4 Å². The molecule has 0 N–H and O–H groups in total. The van der Waals surface area contributed by atoms with Crippen LogP contribution in [0.25, 0.3) is 115 Å². The van der Waals surface area contributed by atoms with Gasteiger partial charge in [0, 0.05) is 0 Å². The molecule has 0 saturated carbocycles. The minimum atomic E-state index is -0.902. The van der Waals surface area contributed by atoms with E-state index < -0.39 is 26.6 Å². The summed E-state index contributed by atoms with van der Waals surface area (Å²) < 4.78 is 104. The van der Waals surface area contributed by atoms with Crippen molar-refractivity contribution in [2.45, 2.75) is 262 Å². The summed E-state index contributed by atoms with van der Waals surface area (Å²) >= 11 is 8.69. The van der Waals surface area contributed by atoms with E-state index in [9.17, 15) is 0 Å². The summed E-state index contributed by atoms with van der Waals surface area (Å²) in [5.41, 5.74) is 11.3. The van der Waals surface area contributed by atoms with Crippen molar-refractivity contribution in [3.63, 3.8) is 0 Å². The van der Waals surface area contributed by atoms with Gasteiger partial charge in [-0.2, -0.15) is 0 Å². The SMILES string of the molecule is CCCCCCCCCCCCOc1c(C)c(-c2ccc(-c3ccc(-c4ccc(-c5c(OCCCCCCCCCCCC)c(C)c(-c6cc7c(-c8cc(F)c(CC(CC)CCCC)s8)c8sc(C)cc8c(-c8cc(F)c(CC(CC)CCCC)s8)c7s6)c6n[se]nc56)s4)c(F)c3F)s2)c2n[se]nc2c1C. The summed E-state index contributed by atoms with van der Waals surface area (Å²) in [7, 11) is 0.